The zero-order valence-corrected chi connectivity index (χ0v) is 10.5. The summed E-state index contributed by atoms with van der Waals surface area (Å²) in [5, 5.41) is 1.40. The maximum absolute atomic E-state index is 3.38. The predicted octanol–water partition coefficient (Wildman–Crippen LogP) is 3.46. The minimum Gasteiger partial charge on any atom is -0.361 e. The van der Waals surface area contributed by atoms with E-state index >= 15 is 0 Å². The Morgan fingerprint density at radius 1 is 1.18 bits per heavy atom. The van der Waals surface area contributed by atoms with Crippen LogP contribution in [0.25, 0.3) is 10.9 Å². The number of likely N-dealkylation sites (tertiary alicyclic amines) is 1. The van der Waals surface area contributed by atoms with Crippen LogP contribution in [-0.2, 0) is 6.54 Å². The second kappa shape index (κ2) is 4.53. The van der Waals surface area contributed by atoms with Crippen molar-refractivity contribution in [1.82, 2.24) is 9.88 Å². The highest BCUT2D eigenvalue weighted by molar-refractivity contribution is 5.83. The van der Waals surface area contributed by atoms with Gasteiger partial charge < -0.3 is 4.98 Å². The molecule has 1 aromatic heterocycles. The molecule has 0 aliphatic carbocycles. The van der Waals surface area contributed by atoms with Crippen LogP contribution in [0.3, 0.4) is 0 Å². The summed E-state index contributed by atoms with van der Waals surface area (Å²) in [5.41, 5.74) is 4.06. The van der Waals surface area contributed by atoms with Gasteiger partial charge in [0.15, 0.2) is 0 Å². The van der Waals surface area contributed by atoms with Crippen LogP contribution < -0.4 is 0 Å². The number of nitrogens with zero attached hydrogens (tertiary/aromatic N) is 1. The van der Waals surface area contributed by atoms with Gasteiger partial charge in [-0.05, 0) is 50.6 Å². The summed E-state index contributed by atoms with van der Waals surface area (Å²) < 4.78 is 0. The van der Waals surface area contributed by atoms with Gasteiger partial charge in [-0.1, -0.05) is 18.1 Å². The fourth-order valence-electron chi connectivity index (χ4n) is 2.78. The van der Waals surface area contributed by atoms with Crippen LogP contribution >= 0.6 is 0 Å². The van der Waals surface area contributed by atoms with Crippen molar-refractivity contribution in [2.75, 3.05) is 13.1 Å². The van der Waals surface area contributed by atoms with Crippen LogP contribution in [0.5, 0.6) is 0 Å². The number of aromatic nitrogens is 1. The van der Waals surface area contributed by atoms with Crippen LogP contribution in [0.4, 0.5) is 0 Å². The normalized spacial score (nSPS) is 17.7. The Hall–Kier alpha value is -1.28. The highest BCUT2D eigenvalue weighted by Gasteiger charge is 2.12. The molecule has 2 nitrogen and oxygen atoms in total. The van der Waals surface area contributed by atoms with Crippen molar-refractivity contribution in [3.8, 4) is 0 Å². The molecule has 0 unspecified atom stereocenters. The molecule has 17 heavy (non-hydrogen) atoms. The third-order valence-electron chi connectivity index (χ3n) is 3.77. The molecule has 1 saturated heterocycles. The molecule has 90 valence electrons. The van der Waals surface area contributed by atoms with Crippen LogP contribution in [0.2, 0.25) is 0 Å². The van der Waals surface area contributed by atoms with E-state index < -0.39 is 0 Å². The smallest absolute Gasteiger partial charge is 0.0457 e. The average molecular weight is 228 g/mol. The molecule has 1 aromatic carbocycles. The zero-order valence-electron chi connectivity index (χ0n) is 10.5. The minimum absolute atomic E-state index is 1.10. The number of nitrogens with one attached hydrogen (secondary N) is 1. The molecule has 2 heterocycles. The van der Waals surface area contributed by atoms with E-state index in [4.69, 9.17) is 0 Å². The summed E-state index contributed by atoms with van der Waals surface area (Å²) in [6.07, 6.45) is 6.31. The summed E-state index contributed by atoms with van der Waals surface area (Å²) in [7, 11) is 0. The minimum atomic E-state index is 1.10. The lowest BCUT2D eigenvalue weighted by Gasteiger charge is -2.26. The van der Waals surface area contributed by atoms with Gasteiger partial charge in [-0.2, -0.15) is 0 Å². The van der Waals surface area contributed by atoms with E-state index in [1.165, 1.54) is 54.4 Å². The van der Waals surface area contributed by atoms with Gasteiger partial charge >= 0.3 is 0 Å². The Balaban J connectivity index is 1.86. The van der Waals surface area contributed by atoms with Crippen LogP contribution in [-0.4, -0.2) is 23.0 Å². The van der Waals surface area contributed by atoms with Gasteiger partial charge in [0, 0.05) is 23.6 Å². The number of H-pyrrole nitrogens is 1. The molecule has 1 fully saturated rings. The lowest BCUT2D eigenvalue weighted by atomic mass is 10.1. The quantitative estimate of drug-likeness (QED) is 0.834. The molecule has 0 atom stereocenters. The van der Waals surface area contributed by atoms with Gasteiger partial charge in [0.2, 0.25) is 0 Å². The van der Waals surface area contributed by atoms with Gasteiger partial charge in [0.25, 0.3) is 0 Å². The molecule has 0 saturated carbocycles. The Morgan fingerprint density at radius 2 is 2.00 bits per heavy atom. The number of hydrogen-bond acceptors (Lipinski definition) is 1. The fourth-order valence-corrected chi connectivity index (χ4v) is 2.78. The fraction of sp³-hybridized carbons (Fsp3) is 0.467. The summed E-state index contributed by atoms with van der Waals surface area (Å²) in [4.78, 5) is 5.96. The van der Waals surface area contributed by atoms with E-state index in [2.05, 4.69) is 41.2 Å². The van der Waals surface area contributed by atoms with E-state index in [0.717, 1.165) is 6.54 Å². The molecule has 3 rings (SSSR count). The first-order valence-corrected chi connectivity index (χ1v) is 6.62. The molecule has 2 heteroatoms. The predicted molar refractivity (Wildman–Crippen MR) is 72.2 cm³/mol. The molecule has 0 amide bonds. The van der Waals surface area contributed by atoms with Crippen molar-refractivity contribution in [3.05, 3.63) is 35.5 Å². The molecule has 1 N–H and O–H groups in total. The standard InChI is InChI=1S/C15H20N2/c1-12-5-6-15-14(9-12)13(10-16-15)11-17-7-3-2-4-8-17/h5-6,9-10,16H,2-4,7-8,11H2,1H3. The highest BCUT2D eigenvalue weighted by atomic mass is 15.1. The van der Waals surface area contributed by atoms with E-state index in [9.17, 15) is 0 Å². The number of fused-ring (bicyclic) bond motifs is 1. The summed E-state index contributed by atoms with van der Waals surface area (Å²) in [6, 6.07) is 6.65. The van der Waals surface area contributed by atoms with E-state index in [-0.39, 0.29) is 0 Å². The third kappa shape index (κ3) is 2.22. The molecule has 1 aliphatic rings. The van der Waals surface area contributed by atoms with Gasteiger partial charge in [-0.15, -0.1) is 0 Å². The van der Waals surface area contributed by atoms with Crippen molar-refractivity contribution in [1.29, 1.82) is 0 Å². The Labute approximate surface area is 103 Å². The molecule has 2 aromatic rings. The summed E-state index contributed by atoms with van der Waals surface area (Å²) >= 11 is 0. The molecule has 0 radical (unpaired) electrons. The maximum Gasteiger partial charge on any atom is 0.0457 e. The van der Waals surface area contributed by atoms with Crippen LogP contribution in [0.1, 0.15) is 30.4 Å². The second-order valence-corrected chi connectivity index (χ2v) is 5.20. The molecule has 1 aliphatic heterocycles. The monoisotopic (exact) mass is 228 g/mol. The van der Waals surface area contributed by atoms with Gasteiger partial charge in [-0.25, -0.2) is 0 Å². The zero-order chi connectivity index (χ0) is 11.7. The van der Waals surface area contributed by atoms with Crippen molar-refractivity contribution >= 4 is 10.9 Å². The van der Waals surface area contributed by atoms with E-state index in [1.54, 1.807) is 0 Å². The average Bonchev–Trinajstić information content (AvgIpc) is 2.73. The SMILES string of the molecule is Cc1ccc2[nH]cc(CN3CCCCC3)c2c1. The molecular weight excluding hydrogens is 208 g/mol. The van der Waals surface area contributed by atoms with E-state index in [1.807, 2.05) is 0 Å². The first-order valence-electron chi connectivity index (χ1n) is 6.62. The topological polar surface area (TPSA) is 19.0 Å². The number of rotatable bonds is 2. The largest absolute Gasteiger partial charge is 0.361 e. The summed E-state index contributed by atoms with van der Waals surface area (Å²) in [5.74, 6) is 0. The first-order chi connectivity index (χ1) is 8.33. The van der Waals surface area contributed by atoms with Crippen molar-refractivity contribution in [3.63, 3.8) is 0 Å². The number of benzene rings is 1. The maximum atomic E-state index is 3.38. The van der Waals surface area contributed by atoms with E-state index in [0.29, 0.717) is 0 Å². The molecule has 0 spiro atoms. The molecule has 0 bridgehead atoms. The lowest BCUT2D eigenvalue weighted by molar-refractivity contribution is 0.221. The Kier molecular flexibility index (Phi) is 2.89. The van der Waals surface area contributed by atoms with Crippen molar-refractivity contribution in [2.24, 2.45) is 0 Å². The number of piperidine rings is 1. The van der Waals surface area contributed by atoms with Crippen LogP contribution in [0.15, 0.2) is 24.4 Å². The number of aryl methyl sites for hydroxylation is 1. The lowest BCUT2D eigenvalue weighted by Crippen LogP contribution is -2.28. The first kappa shape index (κ1) is 10.8. The highest BCUT2D eigenvalue weighted by Crippen LogP contribution is 2.22. The van der Waals surface area contributed by atoms with Gasteiger partial charge in [0.05, 0.1) is 0 Å². The number of aromatic amines is 1. The summed E-state index contributed by atoms with van der Waals surface area (Å²) in [6.45, 7) is 5.79. The Morgan fingerprint density at radius 3 is 2.82 bits per heavy atom. The number of hydrogen-bond donors (Lipinski definition) is 1. The van der Waals surface area contributed by atoms with Crippen molar-refractivity contribution in [2.45, 2.75) is 32.7 Å². The third-order valence-corrected chi connectivity index (χ3v) is 3.77. The van der Waals surface area contributed by atoms with Crippen molar-refractivity contribution < 1.29 is 0 Å². The molecular formula is C15H20N2. The second-order valence-electron chi connectivity index (χ2n) is 5.20. The van der Waals surface area contributed by atoms with Gasteiger partial charge in [-0.3, -0.25) is 4.90 Å². The Bertz CT molecular complexity index is 507. The van der Waals surface area contributed by atoms with Gasteiger partial charge in [0.1, 0.15) is 0 Å². The van der Waals surface area contributed by atoms with Crippen LogP contribution in [0, 0.1) is 6.92 Å².